The van der Waals surface area contributed by atoms with Crippen molar-refractivity contribution in [2.24, 2.45) is 0 Å². The van der Waals surface area contributed by atoms with Crippen LogP contribution in [0.5, 0.6) is 0 Å². The molecule has 15 heavy (non-hydrogen) atoms. The predicted octanol–water partition coefficient (Wildman–Crippen LogP) is 3.44. The molecular weight excluding hydrogens is 220 g/mol. The Balaban J connectivity index is 2.58. The normalized spacial score (nSPS) is 13.9. The van der Waals surface area contributed by atoms with Crippen LogP contribution in [0.15, 0.2) is 29.2 Å². The standard InChI is InChI=1S/C12H20OSSi/c1-11-5-7-12(8-6-11)14(13)9-10-15(2,3)4/h5-8H,9-10H2,1-4H3/t14-/m0/s1. The smallest absolute Gasteiger partial charge is 0.0526 e. The van der Waals surface area contributed by atoms with Crippen molar-refractivity contribution in [3.05, 3.63) is 29.8 Å². The van der Waals surface area contributed by atoms with Crippen molar-refractivity contribution in [1.29, 1.82) is 0 Å². The first-order chi connectivity index (χ1) is 6.88. The van der Waals surface area contributed by atoms with Crippen LogP contribution < -0.4 is 0 Å². The molecule has 0 aliphatic heterocycles. The lowest BCUT2D eigenvalue weighted by molar-refractivity contribution is 0.683. The molecule has 0 amide bonds. The van der Waals surface area contributed by atoms with E-state index in [1.807, 2.05) is 24.3 Å². The summed E-state index contributed by atoms with van der Waals surface area (Å²) in [7, 11) is -1.86. The fourth-order valence-electron chi connectivity index (χ4n) is 1.21. The molecule has 84 valence electrons. The fraction of sp³-hybridized carbons (Fsp3) is 0.500. The summed E-state index contributed by atoms with van der Waals surface area (Å²) in [5.41, 5.74) is 1.22. The van der Waals surface area contributed by atoms with E-state index in [-0.39, 0.29) is 0 Å². The summed E-state index contributed by atoms with van der Waals surface area (Å²) in [6.45, 7) is 9.01. The summed E-state index contributed by atoms with van der Waals surface area (Å²) in [6.07, 6.45) is 0. The first kappa shape index (κ1) is 12.7. The van der Waals surface area contributed by atoms with Gasteiger partial charge in [0, 0.05) is 18.7 Å². The lowest BCUT2D eigenvalue weighted by Gasteiger charge is -2.14. The highest BCUT2D eigenvalue weighted by molar-refractivity contribution is 7.85. The zero-order chi connectivity index (χ0) is 11.5. The molecule has 1 nitrogen and oxygen atoms in total. The molecule has 1 aromatic carbocycles. The first-order valence-electron chi connectivity index (χ1n) is 5.33. The molecule has 0 bridgehead atoms. The van der Waals surface area contributed by atoms with E-state index in [0.29, 0.717) is 0 Å². The highest BCUT2D eigenvalue weighted by Gasteiger charge is 2.14. The Hall–Kier alpha value is -0.413. The van der Waals surface area contributed by atoms with E-state index in [1.54, 1.807) is 0 Å². The molecule has 0 radical (unpaired) electrons. The Morgan fingerprint density at radius 3 is 2.13 bits per heavy atom. The molecule has 1 aromatic rings. The SMILES string of the molecule is Cc1ccc([S@@](=O)CC[Si](C)(C)C)cc1. The molecule has 0 spiro atoms. The van der Waals surface area contributed by atoms with Crippen molar-refractivity contribution < 1.29 is 4.21 Å². The van der Waals surface area contributed by atoms with Gasteiger partial charge >= 0.3 is 0 Å². The highest BCUT2D eigenvalue weighted by atomic mass is 32.2. The molecule has 0 aliphatic rings. The molecule has 1 rings (SSSR count). The highest BCUT2D eigenvalue weighted by Crippen LogP contribution is 2.14. The van der Waals surface area contributed by atoms with E-state index < -0.39 is 18.9 Å². The van der Waals surface area contributed by atoms with Gasteiger partial charge in [-0.05, 0) is 25.1 Å². The molecular formula is C12H20OSSi. The van der Waals surface area contributed by atoms with Crippen LogP contribution in [0.25, 0.3) is 0 Å². The van der Waals surface area contributed by atoms with Gasteiger partial charge in [0.15, 0.2) is 0 Å². The Morgan fingerprint density at radius 1 is 1.13 bits per heavy atom. The minimum Gasteiger partial charge on any atom is -0.254 e. The van der Waals surface area contributed by atoms with E-state index in [4.69, 9.17) is 0 Å². The number of hydrogen-bond donors (Lipinski definition) is 0. The van der Waals surface area contributed by atoms with Crippen LogP contribution >= 0.6 is 0 Å². The Morgan fingerprint density at radius 2 is 1.67 bits per heavy atom. The summed E-state index contributed by atoms with van der Waals surface area (Å²) in [5, 5.41) is 0. The molecule has 0 fully saturated rings. The van der Waals surface area contributed by atoms with E-state index in [1.165, 1.54) is 5.56 Å². The summed E-state index contributed by atoms with van der Waals surface area (Å²) in [5.74, 6) is 0.818. The third-order valence-electron chi connectivity index (χ3n) is 2.32. The lowest BCUT2D eigenvalue weighted by Crippen LogP contribution is -2.22. The van der Waals surface area contributed by atoms with E-state index in [2.05, 4.69) is 26.6 Å². The number of rotatable bonds is 4. The van der Waals surface area contributed by atoms with Crippen molar-refractivity contribution in [3.8, 4) is 0 Å². The first-order valence-corrected chi connectivity index (χ1v) is 10.4. The van der Waals surface area contributed by atoms with Crippen molar-refractivity contribution >= 4 is 18.9 Å². The molecule has 0 aromatic heterocycles. The van der Waals surface area contributed by atoms with Gasteiger partial charge < -0.3 is 0 Å². The molecule has 3 heteroatoms. The topological polar surface area (TPSA) is 17.1 Å². The van der Waals surface area contributed by atoms with E-state index in [9.17, 15) is 4.21 Å². The zero-order valence-electron chi connectivity index (χ0n) is 10.0. The predicted molar refractivity (Wildman–Crippen MR) is 70.6 cm³/mol. The Kier molecular flexibility index (Phi) is 4.29. The largest absolute Gasteiger partial charge is 0.254 e. The summed E-state index contributed by atoms with van der Waals surface area (Å²) in [4.78, 5) is 0.971. The molecule has 0 saturated carbocycles. The van der Waals surface area contributed by atoms with Crippen molar-refractivity contribution in [3.63, 3.8) is 0 Å². The monoisotopic (exact) mass is 240 g/mol. The summed E-state index contributed by atoms with van der Waals surface area (Å²) < 4.78 is 11.9. The second-order valence-corrected chi connectivity index (χ2v) is 12.4. The van der Waals surface area contributed by atoms with Gasteiger partial charge in [-0.2, -0.15) is 0 Å². The minimum absolute atomic E-state index is 0.803. The van der Waals surface area contributed by atoms with Crippen molar-refractivity contribution in [1.82, 2.24) is 0 Å². The van der Waals surface area contributed by atoms with Gasteiger partial charge in [-0.1, -0.05) is 37.3 Å². The van der Waals surface area contributed by atoms with Gasteiger partial charge in [0.25, 0.3) is 0 Å². The lowest BCUT2D eigenvalue weighted by atomic mass is 10.2. The second kappa shape index (κ2) is 5.08. The van der Waals surface area contributed by atoms with Crippen LogP contribution in [0.3, 0.4) is 0 Å². The third kappa shape index (κ3) is 4.75. The average Bonchev–Trinajstić information content (AvgIpc) is 2.14. The number of hydrogen-bond acceptors (Lipinski definition) is 1. The van der Waals surface area contributed by atoms with Gasteiger partial charge in [-0.15, -0.1) is 0 Å². The molecule has 0 saturated heterocycles. The van der Waals surface area contributed by atoms with Gasteiger partial charge in [-0.3, -0.25) is 4.21 Å². The summed E-state index contributed by atoms with van der Waals surface area (Å²) in [6, 6.07) is 9.16. The molecule has 0 heterocycles. The van der Waals surface area contributed by atoms with Crippen molar-refractivity contribution in [2.45, 2.75) is 37.5 Å². The van der Waals surface area contributed by atoms with E-state index in [0.717, 1.165) is 16.7 Å². The Bertz CT molecular complexity index is 338. The second-order valence-electron chi connectivity index (χ2n) is 5.17. The molecule has 0 unspecified atom stereocenters. The molecule has 0 aliphatic carbocycles. The van der Waals surface area contributed by atoms with Crippen LogP contribution in [-0.4, -0.2) is 18.0 Å². The van der Waals surface area contributed by atoms with Crippen LogP contribution in [0, 0.1) is 6.92 Å². The maximum absolute atomic E-state index is 11.9. The maximum atomic E-state index is 11.9. The fourth-order valence-corrected chi connectivity index (χ4v) is 5.07. The minimum atomic E-state index is -1.06. The number of benzene rings is 1. The van der Waals surface area contributed by atoms with Gasteiger partial charge in [-0.25, -0.2) is 0 Å². The van der Waals surface area contributed by atoms with Crippen LogP contribution in [-0.2, 0) is 10.8 Å². The quantitative estimate of drug-likeness (QED) is 0.737. The average molecular weight is 240 g/mol. The van der Waals surface area contributed by atoms with Gasteiger partial charge in [0.1, 0.15) is 0 Å². The maximum Gasteiger partial charge on any atom is 0.0526 e. The van der Waals surface area contributed by atoms with Gasteiger partial charge in [0.05, 0.1) is 10.8 Å². The summed E-state index contributed by atoms with van der Waals surface area (Å²) >= 11 is 0. The van der Waals surface area contributed by atoms with Crippen LogP contribution in [0.2, 0.25) is 25.7 Å². The Labute approximate surface area is 96.4 Å². The van der Waals surface area contributed by atoms with E-state index >= 15 is 0 Å². The number of aryl methyl sites for hydroxylation is 1. The van der Waals surface area contributed by atoms with Crippen LogP contribution in [0.4, 0.5) is 0 Å². The van der Waals surface area contributed by atoms with Crippen LogP contribution in [0.1, 0.15) is 5.56 Å². The molecule has 0 N–H and O–H groups in total. The zero-order valence-corrected chi connectivity index (χ0v) is 11.9. The molecule has 1 atom stereocenters. The van der Waals surface area contributed by atoms with Gasteiger partial charge in [0.2, 0.25) is 0 Å². The third-order valence-corrected chi connectivity index (χ3v) is 5.81. The van der Waals surface area contributed by atoms with Crippen molar-refractivity contribution in [2.75, 3.05) is 5.75 Å².